The number of rotatable bonds is 2. The fraction of sp³-hybridized carbons (Fsp3) is 0.562. The lowest BCUT2D eigenvalue weighted by molar-refractivity contribution is -0.140. The Balaban J connectivity index is 1.97. The summed E-state index contributed by atoms with van der Waals surface area (Å²) in [5, 5.41) is 0. The van der Waals surface area contributed by atoms with Gasteiger partial charge in [0, 0.05) is 12.5 Å². The van der Waals surface area contributed by atoms with Crippen molar-refractivity contribution in [2.45, 2.75) is 39.2 Å². The highest BCUT2D eigenvalue weighted by atomic mass is 16.5. The van der Waals surface area contributed by atoms with E-state index in [0.717, 1.165) is 25.1 Å². The fourth-order valence-corrected chi connectivity index (χ4v) is 3.45. The molecule has 19 heavy (non-hydrogen) atoms. The molecule has 2 unspecified atom stereocenters. The Hall–Kier alpha value is -1.51. The molecule has 0 saturated carbocycles. The predicted molar refractivity (Wildman–Crippen MR) is 74.4 cm³/mol. The quantitative estimate of drug-likeness (QED) is 0.714. The van der Waals surface area contributed by atoms with Crippen molar-refractivity contribution in [2.24, 2.45) is 5.92 Å². The van der Waals surface area contributed by atoms with Crippen LogP contribution in [0.5, 0.6) is 0 Å². The van der Waals surface area contributed by atoms with E-state index in [-0.39, 0.29) is 5.97 Å². The number of hydrogen-bond acceptors (Lipinski definition) is 3. The van der Waals surface area contributed by atoms with Crippen LogP contribution in [0, 0.1) is 5.92 Å². The molecule has 0 N–H and O–H groups in total. The van der Waals surface area contributed by atoms with Crippen LogP contribution >= 0.6 is 0 Å². The zero-order valence-corrected chi connectivity index (χ0v) is 11.7. The van der Waals surface area contributed by atoms with Gasteiger partial charge in [0.15, 0.2) is 0 Å². The third-order valence-corrected chi connectivity index (χ3v) is 4.39. The van der Waals surface area contributed by atoms with Gasteiger partial charge in [-0.2, -0.15) is 0 Å². The lowest BCUT2D eigenvalue weighted by Crippen LogP contribution is -2.38. The van der Waals surface area contributed by atoms with Gasteiger partial charge < -0.3 is 9.64 Å². The third-order valence-electron chi connectivity index (χ3n) is 4.39. The van der Waals surface area contributed by atoms with Gasteiger partial charge in [-0.1, -0.05) is 17.7 Å². The van der Waals surface area contributed by atoms with Crippen LogP contribution in [0.2, 0.25) is 0 Å². The number of esters is 1. The van der Waals surface area contributed by atoms with Crippen molar-refractivity contribution in [2.75, 3.05) is 13.2 Å². The van der Waals surface area contributed by atoms with Gasteiger partial charge >= 0.3 is 5.97 Å². The number of allylic oxidation sites excluding steroid dienone is 2. The first kappa shape index (κ1) is 12.5. The average Bonchev–Trinajstić information content (AvgIpc) is 2.65. The topological polar surface area (TPSA) is 29.5 Å². The monoisotopic (exact) mass is 259 g/mol. The van der Waals surface area contributed by atoms with E-state index in [1.54, 1.807) is 0 Å². The Labute approximate surface area is 114 Å². The van der Waals surface area contributed by atoms with Gasteiger partial charge in [0.1, 0.15) is 5.70 Å². The number of carbonyl (C=O) groups is 1. The first-order valence-electron chi connectivity index (χ1n) is 7.25. The number of nitrogens with zero attached hydrogens (tertiary/aromatic N) is 1. The highest BCUT2D eigenvalue weighted by molar-refractivity contribution is 5.89. The minimum Gasteiger partial charge on any atom is -0.461 e. The van der Waals surface area contributed by atoms with E-state index < -0.39 is 0 Å². The summed E-state index contributed by atoms with van der Waals surface area (Å²) in [6.07, 6.45) is 10.1. The first-order valence-corrected chi connectivity index (χ1v) is 7.25. The van der Waals surface area contributed by atoms with Crippen molar-refractivity contribution < 1.29 is 9.53 Å². The molecule has 3 rings (SSSR count). The number of hydrogen-bond donors (Lipinski definition) is 0. The van der Waals surface area contributed by atoms with E-state index in [4.69, 9.17) is 4.74 Å². The molecule has 0 radical (unpaired) electrons. The molecule has 0 amide bonds. The molecule has 2 heterocycles. The van der Waals surface area contributed by atoms with Gasteiger partial charge in [-0.3, -0.25) is 0 Å². The van der Waals surface area contributed by atoms with Crippen molar-refractivity contribution in [1.29, 1.82) is 0 Å². The van der Waals surface area contributed by atoms with Crippen LogP contribution in [0.1, 0.15) is 33.1 Å². The zero-order chi connectivity index (χ0) is 13.4. The van der Waals surface area contributed by atoms with E-state index in [1.807, 2.05) is 6.92 Å². The maximum atomic E-state index is 12.1. The van der Waals surface area contributed by atoms with Gasteiger partial charge in [-0.25, -0.2) is 4.79 Å². The van der Waals surface area contributed by atoms with Crippen molar-refractivity contribution in [3.05, 3.63) is 35.1 Å². The normalized spacial score (nSPS) is 28.9. The van der Waals surface area contributed by atoms with E-state index in [2.05, 4.69) is 30.1 Å². The predicted octanol–water partition coefficient (Wildman–Crippen LogP) is 2.80. The van der Waals surface area contributed by atoms with Gasteiger partial charge in [-0.15, -0.1) is 0 Å². The summed E-state index contributed by atoms with van der Waals surface area (Å²) in [7, 11) is 0. The van der Waals surface area contributed by atoms with Gasteiger partial charge in [0.05, 0.1) is 12.6 Å². The molecule has 3 aliphatic rings. The van der Waals surface area contributed by atoms with Crippen molar-refractivity contribution in [3.8, 4) is 0 Å². The summed E-state index contributed by atoms with van der Waals surface area (Å²) < 4.78 is 5.21. The van der Waals surface area contributed by atoms with Gasteiger partial charge in [-0.05, 0) is 44.8 Å². The Morgan fingerprint density at radius 2 is 2.26 bits per heavy atom. The van der Waals surface area contributed by atoms with Crippen LogP contribution in [-0.2, 0) is 9.53 Å². The highest BCUT2D eigenvalue weighted by Gasteiger charge is 2.42. The maximum Gasteiger partial charge on any atom is 0.354 e. The van der Waals surface area contributed by atoms with Crippen LogP contribution in [-0.4, -0.2) is 30.1 Å². The number of carbonyl (C=O) groups excluding carboxylic acids is 1. The zero-order valence-electron chi connectivity index (χ0n) is 11.7. The van der Waals surface area contributed by atoms with Crippen LogP contribution in [0.4, 0.5) is 0 Å². The Kier molecular flexibility index (Phi) is 3.21. The van der Waals surface area contributed by atoms with Crippen LogP contribution in [0.15, 0.2) is 35.1 Å². The molecule has 1 aliphatic carbocycles. The molecule has 0 aromatic carbocycles. The summed E-state index contributed by atoms with van der Waals surface area (Å²) >= 11 is 0. The average molecular weight is 259 g/mol. The molecule has 0 aromatic rings. The highest BCUT2D eigenvalue weighted by Crippen LogP contribution is 2.42. The SMILES string of the molecule is CCOC(=O)C1=CC2C(C)=CC=C3CCCCN1C32. The largest absolute Gasteiger partial charge is 0.461 e. The molecule has 2 aliphatic heterocycles. The summed E-state index contributed by atoms with van der Waals surface area (Å²) in [6, 6.07) is 0.368. The van der Waals surface area contributed by atoms with Crippen LogP contribution in [0.3, 0.4) is 0 Å². The molecule has 1 fully saturated rings. The summed E-state index contributed by atoms with van der Waals surface area (Å²) in [5.74, 6) is 0.198. The van der Waals surface area contributed by atoms with E-state index >= 15 is 0 Å². The summed E-state index contributed by atoms with van der Waals surface area (Å²) in [4.78, 5) is 14.4. The lowest BCUT2D eigenvalue weighted by Gasteiger charge is -2.33. The van der Waals surface area contributed by atoms with Crippen molar-refractivity contribution in [1.82, 2.24) is 4.90 Å². The Bertz CT molecular complexity index is 487. The molecule has 3 nitrogen and oxygen atoms in total. The standard InChI is InChI=1S/C16H21NO2/c1-3-19-16(18)14-10-13-11(2)7-8-12-6-4-5-9-17(14)15(12)13/h7-8,10,13,15H,3-6,9H2,1-2H3. The molecular formula is C16H21NO2. The lowest BCUT2D eigenvalue weighted by atomic mass is 9.83. The molecule has 0 spiro atoms. The minimum atomic E-state index is -0.161. The van der Waals surface area contributed by atoms with Crippen LogP contribution < -0.4 is 0 Å². The second-order valence-corrected chi connectivity index (χ2v) is 5.55. The van der Waals surface area contributed by atoms with Crippen LogP contribution in [0.25, 0.3) is 0 Å². The molecule has 1 saturated heterocycles. The molecule has 2 atom stereocenters. The molecule has 102 valence electrons. The van der Waals surface area contributed by atoms with E-state index in [1.165, 1.54) is 17.6 Å². The third kappa shape index (κ3) is 2.01. The molecule has 0 aromatic heterocycles. The van der Waals surface area contributed by atoms with E-state index in [9.17, 15) is 4.79 Å². The molecular weight excluding hydrogens is 238 g/mol. The summed E-state index contributed by atoms with van der Waals surface area (Å²) in [6.45, 7) is 5.43. The van der Waals surface area contributed by atoms with Gasteiger partial charge in [0.2, 0.25) is 0 Å². The Morgan fingerprint density at radius 1 is 1.42 bits per heavy atom. The summed E-state index contributed by atoms with van der Waals surface area (Å²) in [5.41, 5.74) is 3.60. The first-order chi connectivity index (χ1) is 9.22. The molecule has 0 bridgehead atoms. The Morgan fingerprint density at radius 3 is 3.05 bits per heavy atom. The fourth-order valence-electron chi connectivity index (χ4n) is 3.45. The number of ether oxygens (including phenoxy) is 1. The maximum absolute atomic E-state index is 12.1. The van der Waals surface area contributed by atoms with Gasteiger partial charge in [0.25, 0.3) is 0 Å². The second-order valence-electron chi connectivity index (χ2n) is 5.55. The smallest absolute Gasteiger partial charge is 0.354 e. The minimum absolute atomic E-state index is 0.161. The second kappa shape index (κ2) is 4.87. The molecule has 3 heteroatoms. The van der Waals surface area contributed by atoms with E-state index in [0.29, 0.717) is 18.6 Å². The van der Waals surface area contributed by atoms with Crippen molar-refractivity contribution in [3.63, 3.8) is 0 Å². The van der Waals surface area contributed by atoms with Crippen molar-refractivity contribution >= 4 is 5.97 Å².